The van der Waals surface area contributed by atoms with Gasteiger partial charge in [-0.15, -0.1) is 11.8 Å². The molecule has 0 unspecified atom stereocenters. The Hall–Kier alpha value is -1.49. The number of carboxylic acid groups (broad SMARTS) is 1. The van der Waals surface area contributed by atoms with Gasteiger partial charge in [-0.25, -0.2) is 0 Å². The molecule has 0 radical (unpaired) electrons. The van der Waals surface area contributed by atoms with E-state index in [-0.39, 0.29) is 12.5 Å². The molecule has 1 amide bonds. The number of benzene rings is 1. The highest BCUT2D eigenvalue weighted by molar-refractivity contribution is 8.00. The van der Waals surface area contributed by atoms with Crippen LogP contribution in [-0.2, 0) is 4.79 Å². The Morgan fingerprint density at radius 2 is 2.05 bits per heavy atom. The summed E-state index contributed by atoms with van der Waals surface area (Å²) in [5.41, 5.74) is 1.59. The van der Waals surface area contributed by atoms with Crippen LogP contribution in [0.15, 0.2) is 23.1 Å². The predicted octanol–water partition coefficient (Wildman–Crippen LogP) is 2.84. The number of carboxylic acids is 1. The first-order valence-electron chi connectivity index (χ1n) is 6.83. The zero-order valence-electron chi connectivity index (χ0n) is 11.5. The summed E-state index contributed by atoms with van der Waals surface area (Å²) in [5, 5.41) is 11.7. The van der Waals surface area contributed by atoms with Crippen LogP contribution >= 0.6 is 11.8 Å². The molecule has 0 heterocycles. The lowest BCUT2D eigenvalue weighted by molar-refractivity contribution is -0.135. The third-order valence-corrected chi connectivity index (χ3v) is 4.79. The standard InChI is InChI=1S/C15H19NO3S/c1-10-6-7-13(20-11-4-2-3-5-11)12(8-10)15(19)16-9-14(17)18/h6-8,11H,2-5,9H2,1H3,(H,16,19)(H,17,18). The Morgan fingerprint density at radius 3 is 2.70 bits per heavy atom. The second-order valence-electron chi connectivity index (χ2n) is 5.10. The molecule has 0 bridgehead atoms. The van der Waals surface area contributed by atoms with Crippen LogP contribution in [0.25, 0.3) is 0 Å². The second kappa shape index (κ2) is 6.79. The second-order valence-corrected chi connectivity index (χ2v) is 6.44. The van der Waals surface area contributed by atoms with Crippen molar-refractivity contribution in [2.75, 3.05) is 6.54 Å². The first-order valence-corrected chi connectivity index (χ1v) is 7.71. The average molecular weight is 293 g/mol. The quantitative estimate of drug-likeness (QED) is 0.876. The van der Waals surface area contributed by atoms with Crippen molar-refractivity contribution in [3.05, 3.63) is 29.3 Å². The van der Waals surface area contributed by atoms with Crippen molar-refractivity contribution in [1.29, 1.82) is 0 Å². The molecule has 0 atom stereocenters. The van der Waals surface area contributed by atoms with E-state index in [4.69, 9.17) is 5.11 Å². The van der Waals surface area contributed by atoms with Crippen molar-refractivity contribution in [1.82, 2.24) is 5.32 Å². The highest BCUT2D eigenvalue weighted by Gasteiger charge is 2.20. The van der Waals surface area contributed by atoms with Crippen molar-refractivity contribution in [2.24, 2.45) is 0 Å². The number of hydrogen-bond donors (Lipinski definition) is 2. The first-order chi connectivity index (χ1) is 9.56. The minimum atomic E-state index is -1.03. The molecule has 1 aliphatic rings. The minimum absolute atomic E-state index is 0.309. The normalized spacial score (nSPS) is 15.2. The third-order valence-electron chi connectivity index (χ3n) is 3.38. The highest BCUT2D eigenvalue weighted by atomic mass is 32.2. The SMILES string of the molecule is Cc1ccc(SC2CCCC2)c(C(=O)NCC(=O)O)c1. The summed E-state index contributed by atoms with van der Waals surface area (Å²) in [7, 11) is 0. The number of rotatable bonds is 5. The number of amides is 1. The van der Waals surface area contributed by atoms with Gasteiger partial charge in [-0.1, -0.05) is 24.5 Å². The van der Waals surface area contributed by atoms with E-state index >= 15 is 0 Å². The van der Waals surface area contributed by atoms with E-state index in [1.165, 1.54) is 25.7 Å². The Bertz CT molecular complexity index is 510. The Morgan fingerprint density at radius 1 is 1.35 bits per heavy atom. The van der Waals surface area contributed by atoms with Crippen molar-refractivity contribution >= 4 is 23.6 Å². The number of aryl methyl sites for hydroxylation is 1. The maximum Gasteiger partial charge on any atom is 0.322 e. The fourth-order valence-electron chi connectivity index (χ4n) is 2.36. The maximum atomic E-state index is 12.1. The molecule has 0 aliphatic heterocycles. The van der Waals surface area contributed by atoms with Crippen LogP contribution in [0.1, 0.15) is 41.6 Å². The van der Waals surface area contributed by atoms with Crippen LogP contribution in [0.5, 0.6) is 0 Å². The van der Waals surface area contributed by atoms with Gasteiger partial charge < -0.3 is 10.4 Å². The fourth-order valence-corrected chi connectivity index (χ4v) is 3.71. The molecule has 5 heteroatoms. The zero-order chi connectivity index (χ0) is 14.5. The van der Waals surface area contributed by atoms with Crippen LogP contribution in [0.2, 0.25) is 0 Å². The Kier molecular flexibility index (Phi) is 5.06. The van der Waals surface area contributed by atoms with Crippen LogP contribution in [-0.4, -0.2) is 28.8 Å². The molecule has 2 N–H and O–H groups in total. The van der Waals surface area contributed by atoms with Gasteiger partial charge in [-0.3, -0.25) is 9.59 Å². The molecule has 1 aliphatic carbocycles. The molecule has 1 fully saturated rings. The lowest BCUT2D eigenvalue weighted by atomic mass is 10.1. The molecule has 2 rings (SSSR count). The summed E-state index contributed by atoms with van der Waals surface area (Å²) >= 11 is 1.74. The Labute approximate surface area is 123 Å². The average Bonchev–Trinajstić information content (AvgIpc) is 2.91. The highest BCUT2D eigenvalue weighted by Crippen LogP contribution is 2.36. The van der Waals surface area contributed by atoms with E-state index < -0.39 is 5.97 Å². The molecule has 0 spiro atoms. The summed E-state index contributed by atoms with van der Waals surface area (Å²) in [6.45, 7) is 1.58. The molecule has 108 valence electrons. The van der Waals surface area contributed by atoms with E-state index in [9.17, 15) is 9.59 Å². The van der Waals surface area contributed by atoms with E-state index in [2.05, 4.69) is 5.32 Å². The van der Waals surface area contributed by atoms with Gasteiger partial charge in [-0.2, -0.15) is 0 Å². The molecule has 0 saturated heterocycles. The first kappa shape index (κ1) is 14.9. The molecular formula is C15H19NO3S. The third kappa shape index (κ3) is 4.00. The predicted molar refractivity (Wildman–Crippen MR) is 79.3 cm³/mol. The molecule has 1 saturated carbocycles. The largest absolute Gasteiger partial charge is 0.480 e. The molecular weight excluding hydrogens is 274 g/mol. The number of thioether (sulfide) groups is 1. The van der Waals surface area contributed by atoms with Gasteiger partial charge in [0.15, 0.2) is 0 Å². The van der Waals surface area contributed by atoms with Crippen molar-refractivity contribution in [3.8, 4) is 0 Å². The molecule has 1 aromatic rings. The smallest absolute Gasteiger partial charge is 0.322 e. The lowest BCUT2D eigenvalue weighted by Crippen LogP contribution is -2.29. The Balaban J connectivity index is 2.14. The molecule has 0 aromatic heterocycles. The molecule has 4 nitrogen and oxygen atoms in total. The molecule has 1 aromatic carbocycles. The minimum Gasteiger partial charge on any atom is -0.480 e. The number of carbonyl (C=O) groups is 2. The number of aliphatic carboxylic acids is 1. The van der Waals surface area contributed by atoms with Gasteiger partial charge in [0.05, 0.1) is 5.56 Å². The summed E-state index contributed by atoms with van der Waals surface area (Å²) in [6, 6.07) is 5.79. The van der Waals surface area contributed by atoms with E-state index in [1.54, 1.807) is 11.8 Å². The van der Waals surface area contributed by atoms with Crippen LogP contribution in [0.3, 0.4) is 0 Å². The maximum absolute atomic E-state index is 12.1. The topological polar surface area (TPSA) is 66.4 Å². The number of carbonyl (C=O) groups excluding carboxylic acids is 1. The van der Waals surface area contributed by atoms with Gasteiger partial charge in [-0.05, 0) is 31.9 Å². The van der Waals surface area contributed by atoms with Crippen LogP contribution < -0.4 is 5.32 Å². The summed E-state index contributed by atoms with van der Waals surface area (Å²) in [5.74, 6) is -1.34. The van der Waals surface area contributed by atoms with E-state index in [0.29, 0.717) is 10.8 Å². The zero-order valence-corrected chi connectivity index (χ0v) is 12.3. The fraction of sp³-hybridized carbons (Fsp3) is 0.467. The van der Waals surface area contributed by atoms with E-state index in [0.717, 1.165) is 10.5 Å². The van der Waals surface area contributed by atoms with Gasteiger partial charge in [0.1, 0.15) is 6.54 Å². The number of nitrogens with one attached hydrogen (secondary N) is 1. The summed E-state index contributed by atoms with van der Waals surface area (Å²) in [6.07, 6.45) is 4.89. The van der Waals surface area contributed by atoms with Crippen molar-refractivity contribution in [3.63, 3.8) is 0 Å². The van der Waals surface area contributed by atoms with E-state index in [1.807, 2.05) is 25.1 Å². The van der Waals surface area contributed by atoms with Crippen molar-refractivity contribution < 1.29 is 14.7 Å². The van der Waals surface area contributed by atoms with Gasteiger partial charge in [0, 0.05) is 10.1 Å². The van der Waals surface area contributed by atoms with Gasteiger partial charge in [0.2, 0.25) is 0 Å². The summed E-state index contributed by atoms with van der Waals surface area (Å²) in [4.78, 5) is 23.6. The van der Waals surface area contributed by atoms with Crippen LogP contribution in [0.4, 0.5) is 0 Å². The monoisotopic (exact) mass is 293 g/mol. The number of hydrogen-bond acceptors (Lipinski definition) is 3. The molecule has 20 heavy (non-hydrogen) atoms. The van der Waals surface area contributed by atoms with Gasteiger partial charge in [0.25, 0.3) is 5.91 Å². The van der Waals surface area contributed by atoms with Crippen molar-refractivity contribution in [2.45, 2.75) is 42.8 Å². The van der Waals surface area contributed by atoms with Crippen LogP contribution in [0, 0.1) is 6.92 Å². The summed E-state index contributed by atoms with van der Waals surface area (Å²) < 4.78 is 0. The lowest BCUT2D eigenvalue weighted by Gasteiger charge is -2.13. The van der Waals surface area contributed by atoms with Gasteiger partial charge >= 0.3 is 5.97 Å².